The molecule has 8 nitrogen and oxygen atoms in total. The van der Waals surface area contributed by atoms with Gasteiger partial charge in [0.2, 0.25) is 23.6 Å². The predicted molar refractivity (Wildman–Crippen MR) is 164 cm³/mol. The predicted octanol–water partition coefficient (Wildman–Crippen LogP) is 8.52. The van der Waals surface area contributed by atoms with E-state index in [1.165, 1.54) is 0 Å². The number of fused-ring (bicyclic) bond motifs is 1. The number of rotatable bonds is 6. The second-order valence-corrected chi connectivity index (χ2v) is 11.3. The highest BCUT2D eigenvalue weighted by atomic mass is 32.1. The largest absolute Gasteiger partial charge is 0.416 e. The van der Waals surface area contributed by atoms with E-state index in [2.05, 4.69) is 20.4 Å². The molecule has 8 rings (SSSR count). The minimum Gasteiger partial charge on any atom is -0.416 e. The van der Waals surface area contributed by atoms with Gasteiger partial charge < -0.3 is 8.83 Å². The molecule has 0 saturated carbocycles. The van der Waals surface area contributed by atoms with Crippen LogP contribution in [0.25, 0.3) is 76.6 Å². The van der Waals surface area contributed by atoms with Gasteiger partial charge in [-0.15, -0.1) is 20.4 Å². The fourth-order valence-corrected chi connectivity index (χ4v) is 6.53. The molecule has 0 amide bonds. The minimum atomic E-state index is 0.480. The number of aromatic nitrogens is 6. The molecule has 4 aromatic carbocycles. The molecular formula is C32H18N6O2S2. The zero-order valence-corrected chi connectivity index (χ0v) is 23.3. The van der Waals surface area contributed by atoms with Crippen molar-refractivity contribution in [3.8, 4) is 67.0 Å². The molecule has 8 aromatic rings. The molecular weight excluding hydrogens is 565 g/mol. The summed E-state index contributed by atoms with van der Waals surface area (Å²) in [6.45, 7) is 0. The Morgan fingerprint density at radius 1 is 0.357 bits per heavy atom. The van der Waals surface area contributed by atoms with Crippen LogP contribution in [0.2, 0.25) is 0 Å². The van der Waals surface area contributed by atoms with Gasteiger partial charge in [0, 0.05) is 33.4 Å². The van der Waals surface area contributed by atoms with E-state index in [4.69, 9.17) is 18.8 Å². The SMILES string of the molecule is c1ccc(-c2nnc(-c3ccc(-c4nc5sc(-c6ccc(-c7nnc(-c8ccccc8)o7)cc6)nc5s4)cc3)o2)cc1. The van der Waals surface area contributed by atoms with Crippen LogP contribution in [0.15, 0.2) is 118 Å². The van der Waals surface area contributed by atoms with E-state index in [-0.39, 0.29) is 0 Å². The molecule has 200 valence electrons. The molecule has 0 aliphatic rings. The monoisotopic (exact) mass is 582 g/mol. The summed E-state index contributed by atoms with van der Waals surface area (Å²) in [5, 5.41) is 18.6. The quantitative estimate of drug-likeness (QED) is 0.192. The molecule has 42 heavy (non-hydrogen) atoms. The standard InChI is InChI=1S/C32H18N6O2S2/c1-3-7-19(8-4-1)25-35-37-27(39-25)21-11-15-23(16-12-21)29-33-31-32(41-29)34-30(42-31)24-17-13-22(14-18-24)28-38-36-26(40-28)20-9-5-2-6-10-20/h1-18H. The van der Waals surface area contributed by atoms with Gasteiger partial charge in [-0.1, -0.05) is 83.3 Å². The maximum atomic E-state index is 5.89. The average molecular weight is 583 g/mol. The maximum Gasteiger partial charge on any atom is 0.248 e. The Bertz CT molecular complexity index is 1950. The molecule has 0 radical (unpaired) electrons. The Balaban J connectivity index is 0.991. The van der Waals surface area contributed by atoms with Crippen LogP contribution in [-0.2, 0) is 0 Å². The summed E-state index contributed by atoms with van der Waals surface area (Å²) < 4.78 is 11.8. The first kappa shape index (κ1) is 24.5. The van der Waals surface area contributed by atoms with Gasteiger partial charge >= 0.3 is 0 Å². The van der Waals surface area contributed by atoms with E-state index >= 15 is 0 Å². The van der Waals surface area contributed by atoms with Gasteiger partial charge in [0.1, 0.15) is 10.0 Å². The van der Waals surface area contributed by atoms with Gasteiger partial charge in [0.05, 0.1) is 0 Å². The van der Waals surface area contributed by atoms with Crippen LogP contribution >= 0.6 is 22.7 Å². The van der Waals surface area contributed by atoms with Crippen LogP contribution in [-0.4, -0.2) is 30.4 Å². The van der Waals surface area contributed by atoms with Crippen LogP contribution < -0.4 is 0 Å². The lowest BCUT2D eigenvalue weighted by molar-refractivity contribution is 0.584. The van der Waals surface area contributed by atoms with E-state index in [1.807, 2.05) is 109 Å². The second-order valence-electron chi connectivity index (χ2n) is 9.36. The van der Waals surface area contributed by atoms with Gasteiger partial charge in [0.15, 0.2) is 9.66 Å². The second kappa shape index (κ2) is 10.3. The third-order valence-corrected chi connectivity index (χ3v) is 8.75. The zero-order chi connectivity index (χ0) is 27.9. The Morgan fingerprint density at radius 3 is 1.02 bits per heavy atom. The van der Waals surface area contributed by atoms with Crippen LogP contribution in [0.4, 0.5) is 0 Å². The van der Waals surface area contributed by atoms with Crippen molar-refractivity contribution in [2.75, 3.05) is 0 Å². The first-order valence-corrected chi connectivity index (χ1v) is 14.7. The molecule has 0 atom stereocenters. The molecule has 4 aromatic heterocycles. The lowest BCUT2D eigenvalue weighted by Gasteiger charge is -1.99. The third kappa shape index (κ3) is 4.58. The van der Waals surface area contributed by atoms with E-state index in [0.717, 1.165) is 53.1 Å². The summed E-state index contributed by atoms with van der Waals surface area (Å²) in [4.78, 5) is 11.5. The Labute approximate surface area is 247 Å². The summed E-state index contributed by atoms with van der Waals surface area (Å²) in [5.74, 6) is 1.96. The third-order valence-electron chi connectivity index (χ3n) is 6.62. The van der Waals surface area contributed by atoms with Gasteiger partial charge in [0.25, 0.3) is 0 Å². The Kier molecular flexibility index (Phi) is 5.98. The van der Waals surface area contributed by atoms with Crippen molar-refractivity contribution in [2.24, 2.45) is 0 Å². The molecule has 0 aliphatic heterocycles. The Morgan fingerprint density at radius 2 is 0.667 bits per heavy atom. The first-order valence-electron chi connectivity index (χ1n) is 13.0. The van der Waals surface area contributed by atoms with Crippen LogP contribution in [0, 0.1) is 0 Å². The van der Waals surface area contributed by atoms with Crippen molar-refractivity contribution in [3.05, 3.63) is 109 Å². The van der Waals surface area contributed by atoms with Crippen LogP contribution in [0.5, 0.6) is 0 Å². The van der Waals surface area contributed by atoms with Crippen molar-refractivity contribution in [1.29, 1.82) is 0 Å². The van der Waals surface area contributed by atoms with E-state index in [0.29, 0.717) is 23.6 Å². The molecule has 0 N–H and O–H groups in total. The molecule has 0 fully saturated rings. The molecule has 10 heteroatoms. The summed E-state index contributed by atoms with van der Waals surface area (Å²) in [7, 11) is 0. The minimum absolute atomic E-state index is 0.480. The highest BCUT2D eigenvalue weighted by molar-refractivity contribution is 7.29. The molecule has 0 bridgehead atoms. The van der Waals surface area contributed by atoms with Crippen molar-refractivity contribution in [2.45, 2.75) is 0 Å². The summed E-state index contributed by atoms with van der Waals surface area (Å²) >= 11 is 3.15. The molecule has 4 heterocycles. The Hall–Kier alpha value is -5.32. The average Bonchev–Trinajstić information content (AvgIpc) is 3.86. The van der Waals surface area contributed by atoms with Gasteiger partial charge in [-0.3, -0.25) is 0 Å². The first-order chi connectivity index (χ1) is 20.8. The fourth-order valence-electron chi connectivity index (χ4n) is 4.47. The summed E-state index contributed by atoms with van der Waals surface area (Å²) in [6.07, 6.45) is 0. The highest BCUT2D eigenvalue weighted by Crippen LogP contribution is 2.37. The molecule has 0 saturated heterocycles. The van der Waals surface area contributed by atoms with Crippen molar-refractivity contribution >= 4 is 32.3 Å². The van der Waals surface area contributed by atoms with E-state index in [9.17, 15) is 0 Å². The summed E-state index contributed by atoms with van der Waals surface area (Å²) in [6, 6.07) is 35.4. The summed E-state index contributed by atoms with van der Waals surface area (Å²) in [5.41, 5.74) is 5.51. The smallest absolute Gasteiger partial charge is 0.248 e. The van der Waals surface area contributed by atoms with Crippen molar-refractivity contribution in [3.63, 3.8) is 0 Å². The van der Waals surface area contributed by atoms with Gasteiger partial charge in [-0.05, 0) is 48.5 Å². The molecule has 0 spiro atoms. The lowest BCUT2D eigenvalue weighted by atomic mass is 10.1. The van der Waals surface area contributed by atoms with E-state index in [1.54, 1.807) is 22.7 Å². The fraction of sp³-hybridized carbons (Fsp3) is 0. The van der Waals surface area contributed by atoms with E-state index < -0.39 is 0 Å². The topological polar surface area (TPSA) is 104 Å². The zero-order valence-electron chi connectivity index (χ0n) is 21.7. The molecule has 0 unspecified atom stereocenters. The van der Waals surface area contributed by atoms with Gasteiger partial charge in [-0.2, -0.15) is 0 Å². The number of thiazole rings is 2. The normalized spacial score (nSPS) is 11.3. The van der Waals surface area contributed by atoms with Crippen molar-refractivity contribution < 1.29 is 8.83 Å². The molecule has 0 aliphatic carbocycles. The van der Waals surface area contributed by atoms with Gasteiger partial charge in [-0.25, -0.2) is 9.97 Å². The number of nitrogens with zero attached hydrogens (tertiary/aromatic N) is 6. The van der Waals surface area contributed by atoms with Crippen molar-refractivity contribution in [1.82, 2.24) is 30.4 Å². The lowest BCUT2D eigenvalue weighted by Crippen LogP contribution is -1.80. The van der Waals surface area contributed by atoms with Crippen LogP contribution in [0.3, 0.4) is 0 Å². The maximum absolute atomic E-state index is 5.89. The van der Waals surface area contributed by atoms with Crippen LogP contribution in [0.1, 0.15) is 0 Å². The number of benzene rings is 4. The number of hydrogen-bond acceptors (Lipinski definition) is 10. The number of hydrogen-bond donors (Lipinski definition) is 0. The highest BCUT2D eigenvalue weighted by Gasteiger charge is 2.16.